The van der Waals surface area contributed by atoms with Crippen molar-refractivity contribution in [1.29, 1.82) is 0 Å². The SMILES string of the molecule is CNC(c1cccc(C)n1)c1cc2cc(C)ccc2o1. The third-order valence-electron chi connectivity index (χ3n) is 3.47. The predicted molar refractivity (Wildman–Crippen MR) is 80.8 cm³/mol. The molecule has 0 aliphatic carbocycles. The Balaban J connectivity index is 2.07. The van der Waals surface area contributed by atoms with Crippen LogP contribution in [0.2, 0.25) is 0 Å². The highest BCUT2D eigenvalue weighted by molar-refractivity contribution is 5.78. The summed E-state index contributed by atoms with van der Waals surface area (Å²) in [5, 5.41) is 4.41. The molecule has 0 fully saturated rings. The zero-order valence-corrected chi connectivity index (χ0v) is 12.0. The first kappa shape index (κ1) is 12.9. The standard InChI is InChI=1S/C17H18N2O/c1-11-7-8-15-13(9-11)10-16(20-15)17(18-3)14-6-4-5-12(2)19-14/h4-10,17-18H,1-3H3. The molecular weight excluding hydrogens is 248 g/mol. The molecule has 2 aromatic heterocycles. The van der Waals surface area contributed by atoms with E-state index in [4.69, 9.17) is 4.42 Å². The van der Waals surface area contributed by atoms with E-state index in [2.05, 4.69) is 35.4 Å². The number of furan rings is 1. The molecule has 0 saturated heterocycles. The van der Waals surface area contributed by atoms with Crippen molar-refractivity contribution >= 4 is 11.0 Å². The number of aromatic nitrogens is 1. The monoisotopic (exact) mass is 266 g/mol. The third-order valence-corrected chi connectivity index (χ3v) is 3.47. The van der Waals surface area contributed by atoms with Crippen LogP contribution in [0.25, 0.3) is 11.0 Å². The summed E-state index contributed by atoms with van der Waals surface area (Å²) in [5.74, 6) is 0.895. The van der Waals surface area contributed by atoms with Gasteiger partial charge in [0.15, 0.2) is 0 Å². The van der Waals surface area contributed by atoms with Crippen LogP contribution in [0.1, 0.15) is 28.8 Å². The maximum absolute atomic E-state index is 5.97. The zero-order valence-electron chi connectivity index (χ0n) is 12.0. The van der Waals surface area contributed by atoms with Gasteiger partial charge in [-0.05, 0) is 51.2 Å². The van der Waals surface area contributed by atoms with Crippen LogP contribution in [-0.2, 0) is 0 Å². The van der Waals surface area contributed by atoms with Gasteiger partial charge in [-0.25, -0.2) is 0 Å². The first-order chi connectivity index (χ1) is 9.67. The maximum Gasteiger partial charge on any atom is 0.134 e. The molecule has 1 atom stereocenters. The fourth-order valence-corrected chi connectivity index (χ4v) is 2.49. The lowest BCUT2D eigenvalue weighted by molar-refractivity contribution is 0.485. The van der Waals surface area contributed by atoms with Crippen LogP contribution in [0, 0.1) is 13.8 Å². The lowest BCUT2D eigenvalue weighted by Gasteiger charge is -2.13. The van der Waals surface area contributed by atoms with E-state index in [1.807, 2.05) is 38.2 Å². The molecule has 3 rings (SSSR count). The molecule has 3 aromatic rings. The van der Waals surface area contributed by atoms with Gasteiger partial charge in [-0.1, -0.05) is 17.7 Å². The van der Waals surface area contributed by atoms with E-state index in [0.717, 1.165) is 28.1 Å². The lowest BCUT2D eigenvalue weighted by Crippen LogP contribution is -2.18. The summed E-state index contributed by atoms with van der Waals surface area (Å²) in [5.41, 5.74) is 4.14. The van der Waals surface area contributed by atoms with Crippen molar-refractivity contribution in [1.82, 2.24) is 10.3 Å². The van der Waals surface area contributed by atoms with Crippen LogP contribution < -0.4 is 5.32 Å². The van der Waals surface area contributed by atoms with E-state index >= 15 is 0 Å². The Labute approximate surface area is 118 Å². The number of benzene rings is 1. The van der Waals surface area contributed by atoms with Crippen molar-refractivity contribution in [2.24, 2.45) is 0 Å². The van der Waals surface area contributed by atoms with E-state index in [0.29, 0.717) is 0 Å². The summed E-state index contributed by atoms with van der Waals surface area (Å²) >= 11 is 0. The minimum absolute atomic E-state index is 0.0254. The molecule has 0 radical (unpaired) electrons. The minimum atomic E-state index is -0.0254. The van der Waals surface area contributed by atoms with Gasteiger partial charge in [0, 0.05) is 11.1 Å². The molecule has 0 bridgehead atoms. The van der Waals surface area contributed by atoms with Gasteiger partial charge in [0.05, 0.1) is 5.69 Å². The van der Waals surface area contributed by atoms with Gasteiger partial charge in [0.25, 0.3) is 0 Å². The maximum atomic E-state index is 5.97. The highest BCUT2D eigenvalue weighted by Gasteiger charge is 2.18. The summed E-state index contributed by atoms with van der Waals surface area (Å²) in [6.07, 6.45) is 0. The Hall–Kier alpha value is -2.13. The molecule has 0 spiro atoms. The first-order valence-electron chi connectivity index (χ1n) is 6.78. The Morgan fingerprint density at radius 2 is 1.95 bits per heavy atom. The number of hydrogen-bond acceptors (Lipinski definition) is 3. The Kier molecular flexibility index (Phi) is 3.28. The minimum Gasteiger partial charge on any atom is -0.459 e. The molecule has 0 saturated carbocycles. The molecule has 1 unspecified atom stereocenters. The quantitative estimate of drug-likeness (QED) is 0.784. The largest absolute Gasteiger partial charge is 0.459 e. The van der Waals surface area contributed by atoms with Gasteiger partial charge < -0.3 is 9.73 Å². The Morgan fingerprint density at radius 1 is 1.10 bits per heavy atom. The molecule has 3 nitrogen and oxygen atoms in total. The van der Waals surface area contributed by atoms with Crippen LogP contribution in [0.3, 0.4) is 0 Å². The summed E-state index contributed by atoms with van der Waals surface area (Å²) in [4.78, 5) is 4.59. The van der Waals surface area contributed by atoms with E-state index in [1.165, 1.54) is 5.56 Å². The Morgan fingerprint density at radius 3 is 2.70 bits per heavy atom. The normalized spacial score (nSPS) is 12.8. The fraction of sp³-hybridized carbons (Fsp3) is 0.235. The van der Waals surface area contributed by atoms with Gasteiger partial charge in [-0.3, -0.25) is 4.98 Å². The van der Waals surface area contributed by atoms with Crippen molar-refractivity contribution in [3.05, 3.63) is 65.2 Å². The van der Waals surface area contributed by atoms with Crippen LogP contribution in [0.4, 0.5) is 0 Å². The van der Waals surface area contributed by atoms with E-state index in [1.54, 1.807) is 0 Å². The van der Waals surface area contributed by atoms with Gasteiger partial charge in [0.2, 0.25) is 0 Å². The molecule has 0 aliphatic rings. The second-order valence-electron chi connectivity index (χ2n) is 5.12. The van der Waals surface area contributed by atoms with Gasteiger partial charge in [-0.15, -0.1) is 0 Å². The number of aryl methyl sites for hydroxylation is 2. The van der Waals surface area contributed by atoms with Crippen LogP contribution in [0.5, 0.6) is 0 Å². The van der Waals surface area contributed by atoms with E-state index in [9.17, 15) is 0 Å². The Bertz CT molecular complexity index is 746. The summed E-state index contributed by atoms with van der Waals surface area (Å²) in [6, 6.07) is 14.3. The molecule has 0 aliphatic heterocycles. The summed E-state index contributed by atoms with van der Waals surface area (Å²) < 4.78 is 5.97. The summed E-state index contributed by atoms with van der Waals surface area (Å²) in [7, 11) is 1.92. The number of rotatable bonds is 3. The van der Waals surface area contributed by atoms with Gasteiger partial charge in [0.1, 0.15) is 17.4 Å². The molecule has 3 heteroatoms. The van der Waals surface area contributed by atoms with Gasteiger partial charge in [-0.2, -0.15) is 0 Å². The highest BCUT2D eigenvalue weighted by Crippen LogP contribution is 2.27. The van der Waals surface area contributed by atoms with Crippen LogP contribution in [0.15, 0.2) is 46.9 Å². The van der Waals surface area contributed by atoms with Crippen LogP contribution in [-0.4, -0.2) is 12.0 Å². The number of nitrogens with zero attached hydrogens (tertiary/aromatic N) is 1. The number of fused-ring (bicyclic) bond motifs is 1. The average Bonchev–Trinajstić information content (AvgIpc) is 2.82. The average molecular weight is 266 g/mol. The highest BCUT2D eigenvalue weighted by atomic mass is 16.3. The van der Waals surface area contributed by atoms with Crippen molar-refractivity contribution in [2.75, 3.05) is 7.05 Å². The number of nitrogens with one attached hydrogen (secondary N) is 1. The van der Waals surface area contributed by atoms with E-state index in [-0.39, 0.29) is 6.04 Å². The fourth-order valence-electron chi connectivity index (χ4n) is 2.49. The van der Waals surface area contributed by atoms with E-state index < -0.39 is 0 Å². The number of pyridine rings is 1. The molecule has 1 aromatic carbocycles. The van der Waals surface area contributed by atoms with Crippen molar-refractivity contribution < 1.29 is 4.42 Å². The molecule has 20 heavy (non-hydrogen) atoms. The first-order valence-corrected chi connectivity index (χ1v) is 6.78. The number of hydrogen-bond donors (Lipinski definition) is 1. The third kappa shape index (κ3) is 2.32. The molecule has 1 N–H and O–H groups in total. The second-order valence-corrected chi connectivity index (χ2v) is 5.12. The lowest BCUT2D eigenvalue weighted by atomic mass is 10.1. The topological polar surface area (TPSA) is 38.1 Å². The van der Waals surface area contributed by atoms with Crippen molar-refractivity contribution in [3.63, 3.8) is 0 Å². The van der Waals surface area contributed by atoms with Crippen molar-refractivity contribution in [3.8, 4) is 0 Å². The molecule has 0 amide bonds. The molecule has 102 valence electrons. The summed E-state index contributed by atoms with van der Waals surface area (Å²) in [6.45, 7) is 4.09. The van der Waals surface area contributed by atoms with Crippen LogP contribution >= 0.6 is 0 Å². The molecule has 2 heterocycles. The second kappa shape index (κ2) is 5.10. The zero-order chi connectivity index (χ0) is 14.1. The van der Waals surface area contributed by atoms with Crippen molar-refractivity contribution in [2.45, 2.75) is 19.9 Å². The predicted octanol–water partition coefficient (Wildman–Crippen LogP) is 3.75. The van der Waals surface area contributed by atoms with Gasteiger partial charge >= 0.3 is 0 Å². The molecular formula is C17H18N2O. The smallest absolute Gasteiger partial charge is 0.134 e.